The van der Waals surface area contributed by atoms with Crippen molar-refractivity contribution in [3.63, 3.8) is 0 Å². The molecule has 1 heterocycles. The van der Waals surface area contributed by atoms with Gasteiger partial charge in [-0.25, -0.2) is 4.79 Å². The molecule has 122 valence electrons. The van der Waals surface area contributed by atoms with Crippen molar-refractivity contribution in [3.8, 4) is 5.75 Å². The van der Waals surface area contributed by atoms with Crippen molar-refractivity contribution in [1.29, 1.82) is 0 Å². The Hall–Kier alpha value is -2.79. The molecule has 2 aromatic carbocycles. The number of halogens is 1. The van der Waals surface area contributed by atoms with Crippen molar-refractivity contribution in [2.75, 3.05) is 0 Å². The second-order valence-electron chi connectivity index (χ2n) is 5.20. The van der Waals surface area contributed by atoms with Crippen molar-refractivity contribution in [2.45, 2.75) is 13.2 Å². The van der Waals surface area contributed by atoms with Gasteiger partial charge in [0.2, 0.25) is 0 Å². The molecule has 1 aliphatic rings. The smallest absolute Gasteiger partial charge is 0.356 e. The van der Waals surface area contributed by atoms with E-state index in [0.29, 0.717) is 16.5 Å². The summed E-state index contributed by atoms with van der Waals surface area (Å²) in [5, 5.41) is 3.65. The lowest BCUT2D eigenvalue weighted by Gasteiger charge is -2.09. The second kappa shape index (κ2) is 6.76. The fourth-order valence-electron chi connectivity index (χ4n) is 2.25. The lowest BCUT2D eigenvalue weighted by atomic mass is 10.1. The van der Waals surface area contributed by atoms with Gasteiger partial charge in [-0.15, -0.1) is 0 Å². The Morgan fingerprint density at radius 3 is 2.46 bits per heavy atom. The molecule has 1 unspecified atom stereocenters. The van der Waals surface area contributed by atoms with E-state index in [2.05, 4.69) is 5.32 Å². The molecule has 1 N–H and O–H groups in total. The van der Waals surface area contributed by atoms with E-state index >= 15 is 0 Å². The van der Waals surface area contributed by atoms with Gasteiger partial charge >= 0.3 is 11.9 Å². The standard InChI is InChI=1S/C18H14ClNO4/c1-11(21)23-15-8-2-12(3-9-15)10-16-18(22)24-17(20-16)13-4-6-14(19)7-5-13/h2-10,17,20H,1H3/b16-10+. The first-order valence-corrected chi connectivity index (χ1v) is 7.62. The van der Waals surface area contributed by atoms with Crippen LogP contribution in [0.5, 0.6) is 5.75 Å². The Balaban J connectivity index is 1.74. The van der Waals surface area contributed by atoms with Crippen LogP contribution in [0.3, 0.4) is 0 Å². The number of hydrogen-bond acceptors (Lipinski definition) is 5. The Morgan fingerprint density at radius 1 is 1.17 bits per heavy atom. The molecule has 2 aromatic rings. The van der Waals surface area contributed by atoms with Gasteiger partial charge in [0.05, 0.1) is 0 Å². The van der Waals surface area contributed by atoms with Crippen LogP contribution < -0.4 is 10.1 Å². The Labute approximate surface area is 143 Å². The van der Waals surface area contributed by atoms with E-state index in [1.807, 2.05) is 0 Å². The summed E-state index contributed by atoms with van der Waals surface area (Å²) in [5.74, 6) is -0.363. The SMILES string of the molecule is CC(=O)Oc1ccc(/C=C2/NC(c3ccc(Cl)cc3)OC2=O)cc1. The Morgan fingerprint density at radius 2 is 1.83 bits per heavy atom. The van der Waals surface area contributed by atoms with Crippen LogP contribution in [0, 0.1) is 0 Å². The van der Waals surface area contributed by atoms with Crippen LogP contribution in [0.2, 0.25) is 5.02 Å². The van der Waals surface area contributed by atoms with E-state index in [-0.39, 0.29) is 5.97 Å². The highest BCUT2D eigenvalue weighted by molar-refractivity contribution is 6.30. The van der Waals surface area contributed by atoms with Crippen LogP contribution in [0.1, 0.15) is 24.3 Å². The number of esters is 2. The van der Waals surface area contributed by atoms with Crippen molar-refractivity contribution in [3.05, 3.63) is 70.4 Å². The number of hydrogen-bond donors (Lipinski definition) is 1. The van der Waals surface area contributed by atoms with Gasteiger partial charge in [-0.2, -0.15) is 0 Å². The zero-order chi connectivity index (χ0) is 17.1. The summed E-state index contributed by atoms with van der Waals surface area (Å²) in [6, 6.07) is 13.9. The van der Waals surface area contributed by atoms with Gasteiger partial charge in [-0.05, 0) is 35.9 Å². The highest BCUT2D eigenvalue weighted by Crippen LogP contribution is 2.26. The quantitative estimate of drug-likeness (QED) is 0.525. The van der Waals surface area contributed by atoms with E-state index in [1.54, 1.807) is 54.6 Å². The molecule has 1 saturated heterocycles. The molecule has 6 heteroatoms. The summed E-state index contributed by atoms with van der Waals surface area (Å²) in [6.45, 7) is 1.34. The molecule has 0 aliphatic carbocycles. The van der Waals surface area contributed by atoms with Crippen LogP contribution in [0.4, 0.5) is 0 Å². The van der Waals surface area contributed by atoms with Gasteiger partial charge in [0.1, 0.15) is 11.4 Å². The molecular formula is C18H14ClNO4. The van der Waals surface area contributed by atoms with E-state index < -0.39 is 12.2 Å². The van der Waals surface area contributed by atoms with Crippen molar-refractivity contribution >= 4 is 29.6 Å². The molecule has 24 heavy (non-hydrogen) atoms. The molecule has 5 nitrogen and oxygen atoms in total. The monoisotopic (exact) mass is 343 g/mol. The molecule has 1 fully saturated rings. The zero-order valence-electron chi connectivity index (χ0n) is 12.8. The number of rotatable bonds is 3. The average molecular weight is 344 g/mol. The lowest BCUT2D eigenvalue weighted by Crippen LogP contribution is -2.12. The third-order valence-electron chi connectivity index (χ3n) is 3.36. The number of carbonyl (C=O) groups excluding carboxylic acids is 2. The van der Waals surface area contributed by atoms with Crippen molar-refractivity contribution in [1.82, 2.24) is 5.32 Å². The van der Waals surface area contributed by atoms with E-state index in [4.69, 9.17) is 21.1 Å². The summed E-state index contributed by atoms with van der Waals surface area (Å²) in [7, 11) is 0. The molecule has 0 radical (unpaired) electrons. The maximum atomic E-state index is 12.0. The summed E-state index contributed by atoms with van der Waals surface area (Å²) in [4.78, 5) is 22.9. The fourth-order valence-corrected chi connectivity index (χ4v) is 2.38. The first-order chi connectivity index (χ1) is 11.5. The maximum Gasteiger partial charge on any atom is 0.356 e. The van der Waals surface area contributed by atoms with Gasteiger partial charge in [-0.3, -0.25) is 4.79 Å². The molecule has 0 saturated carbocycles. The minimum atomic E-state index is -0.540. The van der Waals surface area contributed by atoms with Gasteiger partial charge < -0.3 is 14.8 Å². The lowest BCUT2D eigenvalue weighted by molar-refractivity contribution is -0.139. The molecule has 0 spiro atoms. The molecular weight excluding hydrogens is 330 g/mol. The minimum Gasteiger partial charge on any atom is -0.433 e. The van der Waals surface area contributed by atoms with Crippen LogP contribution >= 0.6 is 11.6 Å². The highest BCUT2D eigenvalue weighted by Gasteiger charge is 2.28. The average Bonchev–Trinajstić information content (AvgIpc) is 2.90. The minimum absolute atomic E-state index is 0.357. The summed E-state index contributed by atoms with van der Waals surface area (Å²) in [5.41, 5.74) is 1.94. The first-order valence-electron chi connectivity index (χ1n) is 7.24. The van der Waals surface area contributed by atoms with Gasteiger partial charge in [0, 0.05) is 17.5 Å². The molecule has 0 aromatic heterocycles. The predicted octanol–water partition coefficient (Wildman–Crippen LogP) is 3.45. The fraction of sp³-hybridized carbons (Fsp3) is 0.111. The number of cyclic esters (lactones) is 1. The summed E-state index contributed by atoms with van der Waals surface area (Å²) >= 11 is 5.86. The first kappa shape index (κ1) is 16.1. The number of nitrogens with one attached hydrogen (secondary N) is 1. The Kier molecular flexibility index (Phi) is 4.53. The van der Waals surface area contributed by atoms with Gasteiger partial charge in [-0.1, -0.05) is 35.9 Å². The van der Waals surface area contributed by atoms with Crippen molar-refractivity contribution < 1.29 is 19.1 Å². The van der Waals surface area contributed by atoms with Crippen molar-refractivity contribution in [2.24, 2.45) is 0 Å². The molecule has 3 rings (SSSR count). The van der Waals surface area contributed by atoms with E-state index in [0.717, 1.165) is 11.1 Å². The maximum absolute atomic E-state index is 12.0. The second-order valence-corrected chi connectivity index (χ2v) is 5.64. The van der Waals surface area contributed by atoms with Crippen LogP contribution in [-0.2, 0) is 14.3 Å². The third-order valence-corrected chi connectivity index (χ3v) is 3.61. The number of benzene rings is 2. The highest BCUT2D eigenvalue weighted by atomic mass is 35.5. The van der Waals surface area contributed by atoms with Gasteiger partial charge in [0.25, 0.3) is 0 Å². The van der Waals surface area contributed by atoms with Crippen LogP contribution in [0.15, 0.2) is 54.2 Å². The van der Waals surface area contributed by atoms with Gasteiger partial charge in [0.15, 0.2) is 6.23 Å². The zero-order valence-corrected chi connectivity index (χ0v) is 13.5. The molecule has 0 amide bonds. The summed E-state index contributed by atoms with van der Waals surface area (Å²) in [6.07, 6.45) is 1.14. The van der Waals surface area contributed by atoms with Crippen LogP contribution in [0.25, 0.3) is 6.08 Å². The van der Waals surface area contributed by atoms with E-state index in [9.17, 15) is 9.59 Å². The summed E-state index contributed by atoms with van der Waals surface area (Å²) < 4.78 is 10.3. The normalized spacial score (nSPS) is 18.2. The number of carbonyl (C=O) groups is 2. The topological polar surface area (TPSA) is 64.6 Å². The number of ether oxygens (including phenoxy) is 2. The van der Waals surface area contributed by atoms with Crippen LogP contribution in [-0.4, -0.2) is 11.9 Å². The molecule has 0 bridgehead atoms. The molecule has 1 aliphatic heterocycles. The predicted molar refractivity (Wildman–Crippen MR) is 89.1 cm³/mol. The van der Waals surface area contributed by atoms with E-state index in [1.165, 1.54) is 6.92 Å². The third kappa shape index (κ3) is 3.75. The Bertz CT molecular complexity index is 797. The largest absolute Gasteiger partial charge is 0.433 e. The molecule has 1 atom stereocenters.